The fraction of sp³-hybridized carbons (Fsp3) is 0.0526. The molecule has 1 unspecified atom stereocenters. The van der Waals surface area contributed by atoms with Gasteiger partial charge in [0.15, 0.2) is 0 Å². The van der Waals surface area contributed by atoms with Crippen LogP contribution in [0.25, 0.3) is 38.2 Å². The van der Waals surface area contributed by atoms with Crippen molar-refractivity contribution >= 4 is 32.8 Å². The topological polar surface area (TPSA) is 12.0 Å². The van der Waals surface area contributed by atoms with Gasteiger partial charge in [-0.2, -0.15) is 0 Å². The van der Waals surface area contributed by atoms with Crippen molar-refractivity contribution in [2.24, 2.45) is 0 Å². The number of anilines is 1. The van der Waals surface area contributed by atoms with Crippen LogP contribution in [0, 0.1) is 0 Å². The fourth-order valence-electron chi connectivity index (χ4n) is 5.99. The highest BCUT2D eigenvalue weighted by molar-refractivity contribution is 5.97. The summed E-state index contributed by atoms with van der Waals surface area (Å²) in [6.07, 6.45) is 7.93. The molecule has 1 nitrogen and oxygen atoms in total. The first kappa shape index (κ1) is 23.3. The first-order valence-corrected chi connectivity index (χ1v) is 13.6. The van der Waals surface area contributed by atoms with Crippen LogP contribution in [0.1, 0.15) is 17.5 Å². The zero-order valence-electron chi connectivity index (χ0n) is 21.7. The SMILES string of the molecule is C1=CC(Nc2ccccc2-c2ccccc2)(c2cccc3ccccc23)CC=C1c1cccc2ccccc12. The maximum absolute atomic E-state index is 4.05. The Balaban J connectivity index is 1.37. The average Bonchev–Trinajstić information content (AvgIpc) is 3.01. The maximum atomic E-state index is 4.05. The lowest BCUT2D eigenvalue weighted by atomic mass is 9.78. The summed E-state index contributed by atoms with van der Waals surface area (Å²) in [4.78, 5) is 0. The van der Waals surface area contributed by atoms with Gasteiger partial charge in [-0.05, 0) is 56.3 Å². The molecular formula is C38H29N. The number of nitrogens with one attached hydrogen (secondary N) is 1. The average molecular weight is 500 g/mol. The molecule has 0 saturated carbocycles. The molecule has 0 heterocycles. The van der Waals surface area contributed by atoms with E-state index in [1.165, 1.54) is 49.4 Å². The molecule has 7 rings (SSSR count). The zero-order chi connectivity index (χ0) is 26.1. The van der Waals surface area contributed by atoms with Crippen molar-refractivity contribution in [2.45, 2.75) is 12.0 Å². The summed E-state index contributed by atoms with van der Waals surface area (Å²) < 4.78 is 0. The van der Waals surface area contributed by atoms with Gasteiger partial charge in [-0.25, -0.2) is 0 Å². The van der Waals surface area contributed by atoms with E-state index >= 15 is 0 Å². The lowest BCUT2D eigenvalue weighted by molar-refractivity contribution is 0.625. The first-order valence-electron chi connectivity index (χ1n) is 13.6. The Kier molecular flexibility index (Phi) is 5.83. The van der Waals surface area contributed by atoms with Crippen LogP contribution in [0.3, 0.4) is 0 Å². The minimum atomic E-state index is -0.403. The summed E-state index contributed by atoms with van der Waals surface area (Å²) in [5.74, 6) is 0. The van der Waals surface area contributed by atoms with E-state index < -0.39 is 5.54 Å². The van der Waals surface area contributed by atoms with Crippen molar-refractivity contribution in [3.05, 3.63) is 169 Å². The molecule has 1 N–H and O–H groups in total. The minimum Gasteiger partial charge on any atom is -0.371 e. The molecular weight excluding hydrogens is 470 g/mol. The van der Waals surface area contributed by atoms with Crippen LogP contribution in [0.15, 0.2) is 158 Å². The van der Waals surface area contributed by atoms with E-state index in [0.717, 1.165) is 12.1 Å². The van der Waals surface area contributed by atoms with Crippen LogP contribution < -0.4 is 5.32 Å². The van der Waals surface area contributed by atoms with Crippen molar-refractivity contribution in [3.63, 3.8) is 0 Å². The lowest BCUT2D eigenvalue weighted by Crippen LogP contribution is -2.34. The number of hydrogen-bond donors (Lipinski definition) is 1. The molecule has 0 saturated heterocycles. The smallest absolute Gasteiger partial charge is 0.0853 e. The molecule has 0 amide bonds. The van der Waals surface area contributed by atoms with Gasteiger partial charge in [-0.3, -0.25) is 0 Å². The largest absolute Gasteiger partial charge is 0.371 e. The van der Waals surface area contributed by atoms with Crippen LogP contribution in [-0.2, 0) is 5.54 Å². The Hall–Kier alpha value is -4.88. The third-order valence-corrected chi connectivity index (χ3v) is 7.93. The molecule has 1 aliphatic rings. The van der Waals surface area contributed by atoms with E-state index in [2.05, 4.69) is 163 Å². The summed E-state index contributed by atoms with van der Waals surface area (Å²) >= 11 is 0. The van der Waals surface area contributed by atoms with Crippen LogP contribution in [0.2, 0.25) is 0 Å². The van der Waals surface area contributed by atoms with Gasteiger partial charge in [0, 0.05) is 11.3 Å². The Morgan fingerprint density at radius 2 is 1.13 bits per heavy atom. The van der Waals surface area contributed by atoms with E-state index in [1.807, 2.05) is 0 Å². The Morgan fingerprint density at radius 1 is 0.513 bits per heavy atom. The second kappa shape index (κ2) is 9.78. The van der Waals surface area contributed by atoms with Gasteiger partial charge in [0.2, 0.25) is 0 Å². The summed E-state index contributed by atoms with van der Waals surface area (Å²) in [7, 11) is 0. The highest BCUT2D eigenvalue weighted by atomic mass is 15.0. The van der Waals surface area contributed by atoms with E-state index in [1.54, 1.807) is 0 Å². The van der Waals surface area contributed by atoms with Gasteiger partial charge >= 0.3 is 0 Å². The number of hydrogen-bond acceptors (Lipinski definition) is 1. The Bertz CT molecular complexity index is 1850. The number of fused-ring (bicyclic) bond motifs is 2. The molecule has 0 aliphatic heterocycles. The summed E-state index contributed by atoms with van der Waals surface area (Å²) in [5.41, 5.74) is 6.97. The predicted molar refractivity (Wildman–Crippen MR) is 167 cm³/mol. The van der Waals surface area contributed by atoms with Crippen molar-refractivity contribution in [3.8, 4) is 11.1 Å². The highest BCUT2D eigenvalue weighted by Gasteiger charge is 2.33. The molecule has 0 radical (unpaired) electrons. The lowest BCUT2D eigenvalue weighted by Gasteiger charge is -2.37. The van der Waals surface area contributed by atoms with Crippen LogP contribution in [-0.4, -0.2) is 0 Å². The van der Waals surface area contributed by atoms with E-state index in [0.29, 0.717) is 0 Å². The Labute approximate surface area is 229 Å². The van der Waals surface area contributed by atoms with Gasteiger partial charge < -0.3 is 5.32 Å². The molecule has 0 fully saturated rings. The molecule has 39 heavy (non-hydrogen) atoms. The third-order valence-electron chi connectivity index (χ3n) is 7.93. The Morgan fingerprint density at radius 3 is 1.92 bits per heavy atom. The predicted octanol–water partition coefficient (Wildman–Crippen LogP) is 10.0. The highest BCUT2D eigenvalue weighted by Crippen LogP contribution is 2.43. The number of rotatable bonds is 5. The zero-order valence-corrected chi connectivity index (χ0v) is 21.7. The summed E-state index contributed by atoms with van der Waals surface area (Å²) in [6, 6.07) is 49.9. The van der Waals surface area contributed by atoms with E-state index in [9.17, 15) is 0 Å². The number of para-hydroxylation sites is 1. The molecule has 0 spiro atoms. The molecule has 1 atom stereocenters. The molecule has 0 aromatic heterocycles. The summed E-state index contributed by atoms with van der Waals surface area (Å²) in [5, 5.41) is 9.13. The van der Waals surface area contributed by atoms with Gasteiger partial charge in [0.1, 0.15) is 0 Å². The van der Waals surface area contributed by atoms with Crippen molar-refractivity contribution in [1.82, 2.24) is 0 Å². The van der Waals surface area contributed by atoms with Gasteiger partial charge in [-0.15, -0.1) is 0 Å². The van der Waals surface area contributed by atoms with Crippen molar-refractivity contribution in [2.75, 3.05) is 5.32 Å². The van der Waals surface area contributed by atoms with Crippen molar-refractivity contribution in [1.29, 1.82) is 0 Å². The summed E-state index contributed by atoms with van der Waals surface area (Å²) in [6.45, 7) is 0. The second-order valence-electron chi connectivity index (χ2n) is 10.3. The first-order chi connectivity index (χ1) is 19.3. The molecule has 0 bridgehead atoms. The van der Waals surface area contributed by atoms with Crippen LogP contribution >= 0.6 is 0 Å². The molecule has 1 heteroatoms. The molecule has 186 valence electrons. The standard InChI is InChI=1S/C38H29N/c1-2-12-30(13-3-1)35-20-8-9-23-37(35)39-38(36-22-11-17-29-15-5-7-19-34(29)36)26-24-31(25-27-38)33-21-10-16-28-14-4-6-18-32(28)33/h1-26,39H,27H2. The monoisotopic (exact) mass is 499 g/mol. The van der Waals surface area contributed by atoms with Gasteiger partial charge in [0.25, 0.3) is 0 Å². The van der Waals surface area contributed by atoms with Crippen molar-refractivity contribution < 1.29 is 0 Å². The molecule has 1 aliphatic carbocycles. The van der Waals surface area contributed by atoms with Crippen LogP contribution in [0.5, 0.6) is 0 Å². The minimum absolute atomic E-state index is 0.403. The van der Waals surface area contributed by atoms with Gasteiger partial charge in [-0.1, -0.05) is 152 Å². The van der Waals surface area contributed by atoms with Crippen LogP contribution in [0.4, 0.5) is 5.69 Å². The quantitative estimate of drug-likeness (QED) is 0.249. The van der Waals surface area contributed by atoms with Gasteiger partial charge in [0.05, 0.1) is 5.54 Å². The molecule has 6 aromatic rings. The van der Waals surface area contributed by atoms with E-state index in [4.69, 9.17) is 0 Å². The normalized spacial score (nSPS) is 16.8. The number of allylic oxidation sites excluding steroid dienone is 2. The third kappa shape index (κ3) is 4.23. The number of benzene rings is 6. The fourth-order valence-corrected chi connectivity index (χ4v) is 5.99. The molecule has 6 aromatic carbocycles. The van der Waals surface area contributed by atoms with E-state index in [-0.39, 0.29) is 0 Å². The second-order valence-corrected chi connectivity index (χ2v) is 10.3. The maximum Gasteiger partial charge on any atom is 0.0853 e.